The summed E-state index contributed by atoms with van der Waals surface area (Å²) >= 11 is 0. The van der Waals surface area contributed by atoms with Crippen LogP contribution in [0.15, 0.2) is 29.3 Å². The topological polar surface area (TPSA) is 36.4 Å². The number of halogens is 1. The first-order valence-corrected chi connectivity index (χ1v) is 7.03. The minimum atomic E-state index is -0.201. The molecule has 0 amide bonds. The third-order valence-corrected chi connectivity index (χ3v) is 2.78. The van der Waals surface area contributed by atoms with Crippen LogP contribution in [-0.2, 0) is 6.54 Å². The van der Waals surface area contributed by atoms with E-state index >= 15 is 0 Å². The Kier molecular flexibility index (Phi) is 7.63. The Morgan fingerprint density at radius 2 is 1.95 bits per heavy atom. The lowest BCUT2D eigenvalue weighted by molar-refractivity contribution is 0.610. The molecule has 0 atom stereocenters. The molecular formula is C15H24FN3. The van der Waals surface area contributed by atoms with Gasteiger partial charge in [0.2, 0.25) is 0 Å². The highest BCUT2D eigenvalue weighted by molar-refractivity contribution is 5.79. The largest absolute Gasteiger partial charge is 0.357 e. The summed E-state index contributed by atoms with van der Waals surface area (Å²) in [5.41, 5.74) is 0.619. The van der Waals surface area contributed by atoms with Crippen molar-refractivity contribution in [2.75, 3.05) is 13.1 Å². The van der Waals surface area contributed by atoms with E-state index in [9.17, 15) is 4.39 Å². The van der Waals surface area contributed by atoms with Gasteiger partial charge in [-0.3, -0.25) is 0 Å². The second-order valence-electron chi connectivity index (χ2n) is 4.42. The number of hydrogen-bond donors (Lipinski definition) is 2. The molecule has 106 valence electrons. The van der Waals surface area contributed by atoms with Crippen LogP contribution in [0.3, 0.4) is 0 Å². The average Bonchev–Trinajstić information content (AvgIpc) is 2.42. The molecule has 0 spiro atoms. The molecule has 0 aliphatic carbocycles. The minimum absolute atomic E-state index is 0.201. The maximum atomic E-state index is 13.5. The highest BCUT2D eigenvalue weighted by atomic mass is 19.1. The minimum Gasteiger partial charge on any atom is -0.357 e. The van der Waals surface area contributed by atoms with Crippen LogP contribution < -0.4 is 10.6 Å². The molecule has 0 fully saturated rings. The molecule has 4 heteroatoms. The smallest absolute Gasteiger partial charge is 0.191 e. The monoisotopic (exact) mass is 265 g/mol. The van der Waals surface area contributed by atoms with Gasteiger partial charge in [-0.1, -0.05) is 38.0 Å². The first-order chi connectivity index (χ1) is 9.27. The molecular weight excluding hydrogens is 241 g/mol. The fourth-order valence-electron chi connectivity index (χ4n) is 1.71. The molecule has 0 bridgehead atoms. The molecule has 0 aromatic heterocycles. The highest BCUT2D eigenvalue weighted by Gasteiger charge is 2.01. The number of hydrogen-bond acceptors (Lipinski definition) is 1. The van der Waals surface area contributed by atoms with Gasteiger partial charge in [0.05, 0.1) is 6.54 Å². The van der Waals surface area contributed by atoms with Crippen LogP contribution in [0, 0.1) is 5.82 Å². The fraction of sp³-hybridized carbons (Fsp3) is 0.533. The van der Waals surface area contributed by atoms with E-state index in [0.717, 1.165) is 25.5 Å². The summed E-state index contributed by atoms with van der Waals surface area (Å²) in [5.74, 6) is 0.551. The van der Waals surface area contributed by atoms with Crippen molar-refractivity contribution in [3.05, 3.63) is 35.6 Å². The summed E-state index contributed by atoms with van der Waals surface area (Å²) < 4.78 is 13.5. The Morgan fingerprint density at radius 1 is 1.16 bits per heavy atom. The first-order valence-electron chi connectivity index (χ1n) is 7.03. The zero-order chi connectivity index (χ0) is 13.9. The summed E-state index contributed by atoms with van der Waals surface area (Å²) in [4.78, 5) is 4.40. The number of unbranched alkanes of at least 4 members (excludes halogenated alkanes) is 2. The number of rotatable bonds is 7. The second-order valence-corrected chi connectivity index (χ2v) is 4.42. The van der Waals surface area contributed by atoms with Gasteiger partial charge in [-0.2, -0.15) is 0 Å². The molecule has 2 N–H and O–H groups in total. The fourth-order valence-corrected chi connectivity index (χ4v) is 1.71. The summed E-state index contributed by atoms with van der Waals surface area (Å²) in [6.07, 6.45) is 3.53. The van der Waals surface area contributed by atoms with Gasteiger partial charge in [-0.05, 0) is 19.4 Å². The molecule has 0 radical (unpaired) electrons. The van der Waals surface area contributed by atoms with E-state index in [4.69, 9.17) is 0 Å². The second kappa shape index (κ2) is 9.36. The Labute approximate surface area is 115 Å². The zero-order valence-corrected chi connectivity index (χ0v) is 11.9. The van der Waals surface area contributed by atoms with E-state index in [2.05, 4.69) is 22.5 Å². The van der Waals surface area contributed by atoms with E-state index in [1.54, 1.807) is 12.1 Å². The molecule has 0 aliphatic heterocycles. The highest BCUT2D eigenvalue weighted by Crippen LogP contribution is 2.07. The number of guanidine groups is 1. The summed E-state index contributed by atoms with van der Waals surface area (Å²) in [6.45, 7) is 6.26. The van der Waals surface area contributed by atoms with Crippen LogP contribution in [0.4, 0.5) is 4.39 Å². The van der Waals surface area contributed by atoms with Crippen molar-refractivity contribution < 1.29 is 4.39 Å². The van der Waals surface area contributed by atoms with Crippen LogP contribution in [0.25, 0.3) is 0 Å². The lowest BCUT2D eigenvalue weighted by Crippen LogP contribution is -2.37. The number of nitrogens with one attached hydrogen (secondary N) is 2. The zero-order valence-electron chi connectivity index (χ0n) is 11.9. The SMILES string of the molecule is CCCCCNC(=NCc1ccccc1F)NCC. The van der Waals surface area contributed by atoms with Gasteiger partial charge in [-0.25, -0.2) is 9.38 Å². The Hall–Kier alpha value is -1.58. The molecule has 1 rings (SSSR count). The average molecular weight is 265 g/mol. The number of nitrogens with zero attached hydrogens (tertiary/aromatic N) is 1. The van der Waals surface area contributed by atoms with Crippen LogP contribution >= 0.6 is 0 Å². The van der Waals surface area contributed by atoms with Gasteiger partial charge in [-0.15, -0.1) is 0 Å². The van der Waals surface area contributed by atoms with E-state index < -0.39 is 0 Å². The Morgan fingerprint density at radius 3 is 2.63 bits per heavy atom. The third-order valence-electron chi connectivity index (χ3n) is 2.78. The van der Waals surface area contributed by atoms with Crippen molar-refractivity contribution in [3.8, 4) is 0 Å². The van der Waals surface area contributed by atoms with Crippen molar-refractivity contribution in [1.29, 1.82) is 0 Å². The van der Waals surface area contributed by atoms with Crippen LogP contribution in [0.5, 0.6) is 0 Å². The molecule has 19 heavy (non-hydrogen) atoms. The summed E-state index contributed by atoms with van der Waals surface area (Å²) in [5, 5.41) is 6.43. The van der Waals surface area contributed by atoms with Crippen molar-refractivity contribution in [3.63, 3.8) is 0 Å². The van der Waals surface area contributed by atoms with Gasteiger partial charge in [0.25, 0.3) is 0 Å². The van der Waals surface area contributed by atoms with Crippen LogP contribution in [0.1, 0.15) is 38.7 Å². The molecule has 1 aromatic carbocycles. The molecule has 0 aliphatic rings. The molecule has 0 saturated carbocycles. The summed E-state index contributed by atoms with van der Waals surface area (Å²) in [7, 11) is 0. The normalized spacial score (nSPS) is 11.4. The van der Waals surface area contributed by atoms with Crippen LogP contribution in [-0.4, -0.2) is 19.0 Å². The summed E-state index contributed by atoms with van der Waals surface area (Å²) in [6, 6.07) is 6.75. The molecule has 1 aromatic rings. The van der Waals surface area contributed by atoms with Crippen molar-refractivity contribution in [2.24, 2.45) is 4.99 Å². The maximum Gasteiger partial charge on any atom is 0.191 e. The van der Waals surface area contributed by atoms with E-state index in [-0.39, 0.29) is 5.82 Å². The Bertz CT molecular complexity index is 391. The number of benzene rings is 1. The van der Waals surface area contributed by atoms with Gasteiger partial charge in [0.15, 0.2) is 5.96 Å². The maximum absolute atomic E-state index is 13.5. The van der Waals surface area contributed by atoms with Gasteiger partial charge in [0.1, 0.15) is 5.82 Å². The van der Waals surface area contributed by atoms with Crippen molar-refractivity contribution in [2.45, 2.75) is 39.7 Å². The van der Waals surface area contributed by atoms with Crippen LogP contribution in [0.2, 0.25) is 0 Å². The standard InChI is InChI=1S/C15H24FN3/c1-3-5-8-11-18-15(17-4-2)19-12-13-9-6-7-10-14(13)16/h6-7,9-10H,3-5,8,11-12H2,1-2H3,(H2,17,18,19). The quantitative estimate of drug-likeness (QED) is 0.451. The first kappa shape index (κ1) is 15.5. The van der Waals surface area contributed by atoms with E-state index in [0.29, 0.717) is 12.1 Å². The van der Waals surface area contributed by atoms with Crippen molar-refractivity contribution in [1.82, 2.24) is 10.6 Å². The molecule has 0 heterocycles. The Balaban J connectivity index is 2.50. The predicted molar refractivity (Wildman–Crippen MR) is 78.7 cm³/mol. The van der Waals surface area contributed by atoms with E-state index in [1.807, 2.05) is 13.0 Å². The third kappa shape index (κ3) is 6.22. The number of aliphatic imine (C=N–C) groups is 1. The predicted octanol–water partition coefficient (Wildman–Crippen LogP) is 3.07. The molecule has 3 nitrogen and oxygen atoms in total. The van der Waals surface area contributed by atoms with Gasteiger partial charge >= 0.3 is 0 Å². The van der Waals surface area contributed by atoms with Gasteiger partial charge in [0, 0.05) is 18.7 Å². The van der Waals surface area contributed by atoms with E-state index in [1.165, 1.54) is 18.9 Å². The molecule has 0 unspecified atom stereocenters. The van der Waals surface area contributed by atoms with Crippen molar-refractivity contribution >= 4 is 5.96 Å². The molecule has 0 saturated heterocycles. The lowest BCUT2D eigenvalue weighted by Gasteiger charge is -2.11. The van der Waals surface area contributed by atoms with Gasteiger partial charge < -0.3 is 10.6 Å². The lowest BCUT2D eigenvalue weighted by atomic mass is 10.2.